The van der Waals surface area contributed by atoms with Crippen molar-refractivity contribution in [1.29, 1.82) is 0 Å². The van der Waals surface area contributed by atoms with E-state index in [0.717, 1.165) is 17.7 Å². The third-order valence-electron chi connectivity index (χ3n) is 6.18. The number of aromatic nitrogens is 2. The number of rotatable bonds is 6. The lowest BCUT2D eigenvalue weighted by molar-refractivity contribution is -0.131. The van der Waals surface area contributed by atoms with Gasteiger partial charge in [0.05, 0.1) is 17.7 Å². The molecule has 1 N–H and O–H groups in total. The quantitative estimate of drug-likeness (QED) is 0.470. The van der Waals surface area contributed by atoms with Crippen LogP contribution in [0.2, 0.25) is 10.0 Å². The summed E-state index contributed by atoms with van der Waals surface area (Å²) < 4.78 is 27.9. The van der Waals surface area contributed by atoms with E-state index in [4.69, 9.17) is 23.2 Å². The van der Waals surface area contributed by atoms with Gasteiger partial charge in [0.1, 0.15) is 17.5 Å². The Labute approximate surface area is 217 Å². The van der Waals surface area contributed by atoms with Crippen molar-refractivity contribution in [1.82, 2.24) is 20.2 Å². The fraction of sp³-hybridized carbons (Fsp3) is 0.308. The van der Waals surface area contributed by atoms with E-state index >= 15 is 0 Å². The van der Waals surface area contributed by atoms with Gasteiger partial charge in [-0.1, -0.05) is 29.3 Å². The first-order chi connectivity index (χ1) is 17.2. The van der Waals surface area contributed by atoms with Crippen LogP contribution >= 0.6 is 23.2 Å². The zero-order valence-electron chi connectivity index (χ0n) is 19.5. The Morgan fingerprint density at radius 1 is 1.08 bits per heavy atom. The molecule has 0 unspecified atom stereocenters. The second-order valence-electron chi connectivity index (χ2n) is 8.71. The van der Waals surface area contributed by atoms with Crippen molar-refractivity contribution in [2.24, 2.45) is 0 Å². The molecule has 4 rings (SSSR count). The molecule has 36 heavy (non-hydrogen) atoms. The van der Waals surface area contributed by atoms with Crippen molar-refractivity contribution in [3.05, 3.63) is 92.5 Å². The molecule has 2 heterocycles. The van der Waals surface area contributed by atoms with Crippen LogP contribution in [0.25, 0.3) is 0 Å². The largest absolute Gasteiger partial charge is 0.348 e. The summed E-state index contributed by atoms with van der Waals surface area (Å²) in [4.78, 5) is 36.0. The molecule has 2 aromatic carbocycles. The first kappa shape index (κ1) is 26.0. The van der Waals surface area contributed by atoms with Gasteiger partial charge in [0, 0.05) is 47.4 Å². The molecule has 1 aliphatic heterocycles. The van der Waals surface area contributed by atoms with E-state index in [9.17, 15) is 18.4 Å². The number of hydrogen-bond donors (Lipinski definition) is 1. The standard InChI is InChI=1S/C26H24Cl2F2N4O2/c1-15-31-14-21(26(36)32-13-16-9-18(27)11-19(28)10-16)25(33-15)17-5-7-34(8-6-17)24(35)12-20-22(29)3-2-4-23(20)30/h2-4,9-11,14,17H,5-8,12-13H2,1H3,(H,32,36). The average Bonchev–Trinajstić information content (AvgIpc) is 2.84. The molecule has 0 radical (unpaired) electrons. The van der Waals surface area contributed by atoms with Gasteiger partial charge in [-0.2, -0.15) is 0 Å². The summed E-state index contributed by atoms with van der Waals surface area (Å²) in [5, 5.41) is 3.82. The van der Waals surface area contributed by atoms with E-state index in [-0.39, 0.29) is 36.3 Å². The smallest absolute Gasteiger partial charge is 0.254 e. The Morgan fingerprint density at radius 2 is 1.72 bits per heavy atom. The summed E-state index contributed by atoms with van der Waals surface area (Å²) in [7, 11) is 0. The van der Waals surface area contributed by atoms with Gasteiger partial charge in [-0.15, -0.1) is 0 Å². The second-order valence-corrected chi connectivity index (χ2v) is 9.58. The highest BCUT2D eigenvalue weighted by molar-refractivity contribution is 6.34. The maximum absolute atomic E-state index is 14.0. The minimum atomic E-state index is -0.731. The molecule has 2 amide bonds. The van der Waals surface area contributed by atoms with Crippen molar-refractivity contribution in [3.8, 4) is 0 Å². The maximum Gasteiger partial charge on any atom is 0.254 e. The molecule has 1 saturated heterocycles. The van der Waals surface area contributed by atoms with E-state index in [1.165, 1.54) is 12.3 Å². The Kier molecular flexibility index (Phi) is 8.16. The Hall–Kier alpha value is -3.10. The van der Waals surface area contributed by atoms with E-state index in [1.54, 1.807) is 30.0 Å². The topological polar surface area (TPSA) is 75.2 Å². The normalized spacial score (nSPS) is 14.1. The van der Waals surface area contributed by atoms with Crippen molar-refractivity contribution >= 4 is 35.0 Å². The SMILES string of the molecule is Cc1ncc(C(=O)NCc2cc(Cl)cc(Cl)c2)c(C2CCN(C(=O)Cc3c(F)cccc3F)CC2)n1. The van der Waals surface area contributed by atoms with Crippen LogP contribution in [0, 0.1) is 18.6 Å². The lowest BCUT2D eigenvalue weighted by atomic mass is 9.90. The predicted octanol–water partition coefficient (Wildman–Crippen LogP) is 5.25. The van der Waals surface area contributed by atoms with Gasteiger partial charge in [0.25, 0.3) is 5.91 Å². The van der Waals surface area contributed by atoms with Crippen LogP contribution in [0.15, 0.2) is 42.6 Å². The minimum Gasteiger partial charge on any atom is -0.348 e. The van der Waals surface area contributed by atoms with Gasteiger partial charge in [-0.25, -0.2) is 18.7 Å². The Balaban J connectivity index is 1.42. The number of nitrogens with one attached hydrogen (secondary N) is 1. The van der Waals surface area contributed by atoms with Gasteiger partial charge in [-0.05, 0) is 55.7 Å². The number of carbonyl (C=O) groups is 2. The molecule has 0 aliphatic carbocycles. The number of likely N-dealkylation sites (tertiary alicyclic amines) is 1. The average molecular weight is 533 g/mol. The molecule has 1 fully saturated rings. The zero-order valence-corrected chi connectivity index (χ0v) is 21.0. The monoisotopic (exact) mass is 532 g/mol. The zero-order chi connectivity index (χ0) is 25.8. The van der Waals surface area contributed by atoms with Gasteiger partial charge in [0.2, 0.25) is 5.91 Å². The molecule has 6 nitrogen and oxygen atoms in total. The summed E-state index contributed by atoms with van der Waals surface area (Å²) >= 11 is 12.1. The Bertz CT molecular complexity index is 1260. The van der Waals surface area contributed by atoms with E-state index in [1.807, 2.05) is 0 Å². The highest BCUT2D eigenvalue weighted by Gasteiger charge is 2.29. The van der Waals surface area contributed by atoms with E-state index < -0.39 is 11.6 Å². The molecular weight excluding hydrogens is 509 g/mol. The maximum atomic E-state index is 14.0. The van der Waals surface area contributed by atoms with Crippen LogP contribution in [-0.2, 0) is 17.8 Å². The van der Waals surface area contributed by atoms with Gasteiger partial charge >= 0.3 is 0 Å². The van der Waals surface area contributed by atoms with Crippen LogP contribution in [0.3, 0.4) is 0 Å². The molecular formula is C26H24Cl2F2N4O2. The van der Waals surface area contributed by atoms with Crippen LogP contribution < -0.4 is 5.32 Å². The molecule has 1 aliphatic rings. The first-order valence-electron chi connectivity index (χ1n) is 11.5. The summed E-state index contributed by atoms with van der Waals surface area (Å²) in [5.74, 6) is -1.65. The van der Waals surface area contributed by atoms with Crippen LogP contribution in [0.1, 0.15) is 51.8 Å². The summed E-state index contributed by atoms with van der Waals surface area (Å²) in [5.41, 5.74) is 1.52. The van der Waals surface area contributed by atoms with Crippen LogP contribution in [0.4, 0.5) is 8.78 Å². The number of benzene rings is 2. The minimum absolute atomic E-state index is 0.0673. The lowest BCUT2D eigenvalue weighted by Gasteiger charge is -2.32. The highest BCUT2D eigenvalue weighted by atomic mass is 35.5. The lowest BCUT2D eigenvalue weighted by Crippen LogP contribution is -2.39. The third kappa shape index (κ3) is 6.17. The molecule has 3 aromatic rings. The van der Waals surface area contributed by atoms with Crippen molar-refractivity contribution < 1.29 is 18.4 Å². The third-order valence-corrected chi connectivity index (χ3v) is 6.62. The number of piperidine rings is 1. The van der Waals surface area contributed by atoms with Crippen LogP contribution in [-0.4, -0.2) is 39.8 Å². The van der Waals surface area contributed by atoms with E-state index in [0.29, 0.717) is 53.1 Å². The number of hydrogen-bond acceptors (Lipinski definition) is 4. The number of halogens is 4. The molecule has 0 spiro atoms. The van der Waals surface area contributed by atoms with Crippen molar-refractivity contribution in [2.75, 3.05) is 13.1 Å². The van der Waals surface area contributed by atoms with Crippen molar-refractivity contribution in [2.45, 2.75) is 38.6 Å². The predicted molar refractivity (Wildman–Crippen MR) is 133 cm³/mol. The number of amides is 2. The molecule has 0 saturated carbocycles. The Morgan fingerprint density at radius 3 is 2.36 bits per heavy atom. The number of nitrogens with zero attached hydrogens (tertiary/aromatic N) is 3. The number of aryl methyl sites for hydroxylation is 1. The first-order valence-corrected chi connectivity index (χ1v) is 12.2. The second kappa shape index (κ2) is 11.3. The van der Waals surface area contributed by atoms with Gasteiger partial charge in [-0.3, -0.25) is 9.59 Å². The van der Waals surface area contributed by atoms with Gasteiger partial charge in [0.15, 0.2) is 0 Å². The molecule has 10 heteroatoms. The van der Waals surface area contributed by atoms with E-state index in [2.05, 4.69) is 15.3 Å². The van der Waals surface area contributed by atoms with Gasteiger partial charge < -0.3 is 10.2 Å². The molecule has 0 atom stereocenters. The summed E-state index contributed by atoms with van der Waals surface area (Å²) in [6.45, 7) is 2.77. The fourth-order valence-electron chi connectivity index (χ4n) is 4.33. The van der Waals surface area contributed by atoms with Crippen molar-refractivity contribution in [3.63, 3.8) is 0 Å². The van der Waals surface area contributed by atoms with Crippen LogP contribution in [0.5, 0.6) is 0 Å². The highest BCUT2D eigenvalue weighted by Crippen LogP contribution is 2.30. The molecule has 0 bridgehead atoms. The molecule has 1 aromatic heterocycles. The fourth-order valence-corrected chi connectivity index (χ4v) is 4.90. The number of carbonyl (C=O) groups excluding carboxylic acids is 2. The molecule has 188 valence electrons. The summed E-state index contributed by atoms with van der Waals surface area (Å²) in [6.07, 6.45) is 2.30. The summed E-state index contributed by atoms with van der Waals surface area (Å²) in [6, 6.07) is 8.61.